The number of aliphatic carboxylic acids is 2. The Bertz CT molecular complexity index is 589. The first kappa shape index (κ1) is 16.3. The number of phenolic OH excluding ortho intramolecular Hbond substituents is 1. The van der Waals surface area contributed by atoms with E-state index in [2.05, 4.69) is 0 Å². The Balaban J connectivity index is 3.05. The van der Waals surface area contributed by atoms with Gasteiger partial charge in [0.15, 0.2) is 6.10 Å². The highest BCUT2D eigenvalue weighted by Gasteiger charge is 2.53. The number of carbonyl (C=O) groups is 3. The third-order valence-corrected chi connectivity index (χ3v) is 2.65. The number of carboxylic acid groups (broad SMARTS) is 2. The summed E-state index contributed by atoms with van der Waals surface area (Å²) in [5.41, 5.74) is -3.10. The van der Waals surface area contributed by atoms with Crippen LogP contribution in [0, 0.1) is 0 Å². The monoisotopic (exact) mass is 296 g/mol. The molecule has 0 aliphatic rings. The lowest BCUT2D eigenvalue weighted by atomic mass is 9.91. The topological polar surface area (TPSA) is 152 Å². The van der Waals surface area contributed by atoms with Crippen molar-refractivity contribution >= 4 is 23.8 Å². The number of carbonyl (C=O) groups excluding carboxylic acids is 1. The number of rotatable bonds is 6. The molecule has 0 heterocycles. The summed E-state index contributed by atoms with van der Waals surface area (Å²) >= 11 is 0. The van der Waals surface area contributed by atoms with Gasteiger partial charge in [0.2, 0.25) is 5.78 Å². The summed E-state index contributed by atoms with van der Waals surface area (Å²) in [6.07, 6.45) is -1.08. The fraction of sp³-hybridized carbons (Fsp3) is 0.154. The molecular formula is C13H12O8. The zero-order chi connectivity index (χ0) is 16.2. The molecular weight excluding hydrogens is 284 g/mol. The Kier molecular flexibility index (Phi) is 4.79. The van der Waals surface area contributed by atoms with E-state index < -0.39 is 29.4 Å². The molecule has 0 aliphatic heterocycles. The van der Waals surface area contributed by atoms with Gasteiger partial charge in [-0.05, 0) is 23.8 Å². The number of hydrogen-bond acceptors (Lipinski definition) is 6. The third-order valence-electron chi connectivity index (χ3n) is 2.65. The SMILES string of the molecule is O=C(O)[C@@H](O)[C@@](O)(C(=O)O)C(=O)/C=C/c1ccc(O)cc1. The molecule has 21 heavy (non-hydrogen) atoms. The van der Waals surface area contributed by atoms with Gasteiger partial charge in [0, 0.05) is 0 Å². The Morgan fingerprint density at radius 2 is 1.62 bits per heavy atom. The molecule has 1 aromatic rings. The summed E-state index contributed by atoms with van der Waals surface area (Å²) in [7, 11) is 0. The van der Waals surface area contributed by atoms with E-state index in [0.717, 1.165) is 6.08 Å². The lowest BCUT2D eigenvalue weighted by Gasteiger charge is -2.22. The van der Waals surface area contributed by atoms with Crippen molar-refractivity contribution in [3.05, 3.63) is 35.9 Å². The minimum atomic E-state index is -3.49. The van der Waals surface area contributed by atoms with Crippen LogP contribution in [0.1, 0.15) is 5.56 Å². The van der Waals surface area contributed by atoms with Crippen LogP contribution in [-0.4, -0.2) is 55.0 Å². The fourth-order valence-corrected chi connectivity index (χ4v) is 1.42. The quantitative estimate of drug-likeness (QED) is 0.339. The van der Waals surface area contributed by atoms with E-state index >= 15 is 0 Å². The van der Waals surface area contributed by atoms with Gasteiger partial charge < -0.3 is 25.5 Å². The highest BCUT2D eigenvalue weighted by Crippen LogP contribution is 2.16. The van der Waals surface area contributed by atoms with E-state index in [1.807, 2.05) is 0 Å². The Morgan fingerprint density at radius 1 is 1.10 bits per heavy atom. The number of carboxylic acids is 2. The number of aliphatic hydroxyl groups excluding tert-OH is 1. The van der Waals surface area contributed by atoms with Crippen molar-refractivity contribution < 1.29 is 39.9 Å². The molecule has 0 aromatic heterocycles. The predicted molar refractivity (Wildman–Crippen MR) is 68.4 cm³/mol. The van der Waals surface area contributed by atoms with Crippen LogP contribution in [0.15, 0.2) is 30.3 Å². The van der Waals surface area contributed by atoms with Crippen LogP contribution in [0.3, 0.4) is 0 Å². The first-order chi connectivity index (χ1) is 9.69. The highest BCUT2D eigenvalue weighted by atomic mass is 16.4. The van der Waals surface area contributed by atoms with Crippen molar-refractivity contribution in [2.45, 2.75) is 11.7 Å². The van der Waals surface area contributed by atoms with E-state index in [-0.39, 0.29) is 5.75 Å². The van der Waals surface area contributed by atoms with Crippen molar-refractivity contribution in [1.29, 1.82) is 0 Å². The second-order valence-corrected chi connectivity index (χ2v) is 4.10. The van der Waals surface area contributed by atoms with Crippen molar-refractivity contribution in [1.82, 2.24) is 0 Å². The zero-order valence-corrected chi connectivity index (χ0v) is 10.5. The average Bonchev–Trinajstić information content (AvgIpc) is 2.44. The van der Waals surface area contributed by atoms with Crippen LogP contribution >= 0.6 is 0 Å². The largest absolute Gasteiger partial charge is 0.508 e. The maximum atomic E-state index is 11.7. The maximum absolute atomic E-state index is 11.7. The fourth-order valence-electron chi connectivity index (χ4n) is 1.42. The van der Waals surface area contributed by atoms with Crippen LogP contribution in [0.4, 0.5) is 0 Å². The molecule has 1 aromatic carbocycles. The van der Waals surface area contributed by atoms with Gasteiger partial charge in [0.1, 0.15) is 5.75 Å². The normalized spacial score (nSPS) is 15.3. The minimum Gasteiger partial charge on any atom is -0.508 e. The molecule has 0 aliphatic carbocycles. The van der Waals surface area contributed by atoms with E-state index in [1.165, 1.54) is 24.3 Å². The van der Waals surface area contributed by atoms with Gasteiger partial charge in [0.25, 0.3) is 5.60 Å². The first-order valence-corrected chi connectivity index (χ1v) is 5.57. The van der Waals surface area contributed by atoms with E-state index in [1.54, 1.807) is 0 Å². The molecule has 0 saturated carbocycles. The Labute approximate surface area is 118 Å². The van der Waals surface area contributed by atoms with Crippen molar-refractivity contribution in [2.24, 2.45) is 0 Å². The zero-order valence-electron chi connectivity index (χ0n) is 10.5. The Hall–Kier alpha value is -2.71. The smallest absolute Gasteiger partial charge is 0.347 e. The average molecular weight is 296 g/mol. The molecule has 1 rings (SSSR count). The highest BCUT2D eigenvalue weighted by molar-refractivity contribution is 6.16. The predicted octanol–water partition coefficient (Wildman–Crippen LogP) is -0.764. The van der Waals surface area contributed by atoms with Gasteiger partial charge in [-0.3, -0.25) is 4.79 Å². The number of hydrogen-bond donors (Lipinski definition) is 5. The number of benzene rings is 1. The number of phenols is 1. The molecule has 8 heteroatoms. The van der Waals surface area contributed by atoms with Gasteiger partial charge in [-0.1, -0.05) is 18.2 Å². The van der Waals surface area contributed by atoms with E-state index in [0.29, 0.717) is 11.6 Å². The number of ketones is 1. The molecule has 0 unspecified atom stereocenters. The second kappa shape index (κ2) is 6.16. The molecule has 8 nitrogen and oxygen atoms in total. The maximum Gasteiger partial charge on any atom is 0.347 e. The number of aliphatic hydroxyl groups is 2. The standard InChI is InChI=1S/C13H12O8/c14-8-4-1-7(2-5-8)3-6-9(15)13(21,12(19)20)10(16)11(17)18/h1-6,10,14,16,21H,(H,17,18)(H,19,20)/b6-3+/t10-,13-/m1/s1. The molecule has 0 spiro atoms. The molecule has 0 amide bonds. The summed E-state index contributed by atoms with van der Waals surface area (Å²) in [5.74, 6) is -5.76. The number of aromatic hydroxyl groups is 1. The van der Waals surface area contributed by atoms with Crippen LogP contribution in [-0.2, 0) is 14.4 Å². The van der Waals surface area contributed by atoms with Crippen molar-refractivity contribution in [3.63, 3.8) is 0 Å². The van der Waals surface area contributed by atoms with Crippen molar-refractivity contribution in [3.8, 4) is 5.75 Å². The van der Waals surface area contributed by atoms with E-state index in [9.17, 15) is 24.6 Å². The van der Waals surface area contributed by atoms with Crippen molar-refractivity contribution in [2.75, 3.05) is 0 Å². The molecule has 0 fully saturated rings. The van der Waals surface area contributed by atoms with E-state index in [4.69, 9.17) is 15.3 Å². The Morgan fingerprint density at radius 3 is 2.05 bits per heavy atom. The second-order valence-electron chi connectivity index (χ2n) is 4.10. The van der Waals surface area contributed by atoms with Crippen LogP contribution in [0.25, 0.3) is 6.08 Å². The molecule has 0 saturated heterocycles. The van der Waals surface area contributed by atoms with Gasteiger partial charge >= 0.3 is 11.9 Å². The van der Waals surface area contributed by atoms with Crippen LogP contribution < -0.4 is 0 Å². The lowest BCUT2D eigenvalue weighted by Crippen LogP contribution is -2.58. The third kappa shape index (κ3) is 3.44. The van der Waals surface area contributed by atoms with Gasteiger partial charge in [-0.25, -0.2) is 9.59 Å². The van der Waals surface area contributed by atoms with Gasteiger partial charge in [0.05, 0.1) is 0 Å². The van der Waals surface area contributed by atoms with Gasteiger partial charge in [-0.15, -0.1) is 0 Å². The molecule has 5 N–H and O–H groups in total. The summed E-state index contributed by atoms with van der Waals surface area (Å²) in [6.45, 7) is 0. The summed E-state index contributed by atoms with van der Waals surface area (Å²) in [4.78, 5) is 33.2. The lowest BCUT2D eigenvalue weighted by molar-refractivity contribution is -0.184. The van der Waals surface area contributed by atoms with Gasteiger partial charge in [-0.2, -0.15) is 0 Å². The molecule has 112 valence electrons. The van der Waals surface area contributed by atoms with Crippen LogP contribution in [0.5, 0.6) is 5.75 Å². The summed E-state index contributed by atoms with van der Waals surface area (Å²) in [5, 5.41) is 45.3. The minimum absolute atomic E-state index is 0.0261. The molecule has 2 atom stereocenters. The van der Waals surface area contributed by atoms with Crippen LogP contribution in [0.2, 0.25) is 0 Å². The molecule has 0 bridgehead atoms. The summed E-state index contributed by atoms with van der Waals surface area (Å²) in [6, 6.07) is 5.40. The molecule has 0 radical (unpaired) electrons. The summed E-state index contributed by atoms with van der Waals surface area (Å²) < 4.78 is 0. The first-order valence-electron chi connectivity index (χ1n) is 5.57.